The molecule has 1 atom stereocenters. The molecule has 2 aromatic carbocycles. The topological polar surface area (TPSA) is 84.5 Å². The Morgan fingerprint density at radius 1 is 1.19 bits per heavy atom. The summed E-state index contributed by atoms with van der Waals surface area (Å²) >= 11 is 0. The van der Waals surface area contributed by atoms with Crippen molar-refractivity contribution < 1.29 is 22.3 Å². The van der Waals surface area contributed by atoms with Gasteiger partial charge in [0.25, 0.3) is 5.91 Å². The lowest BCUT2D eigenvalue weighted by molar-refractivity contribution is 0.0939. The molecular weight excluding hydrogens is 371 g/mol. The van der Waals surface area contributed by atoms with Crippen LogP contribution in [0.15, 0.2) is 47.4 Å². The van der Waals surface area contributed by atoms with Crippen LogP contribution in [0.25, 0.3) is 0 Å². The average molecular weight is 392 g/mol. The van der Waals surface area contributed by atoms with E-state index in [1.807, 2.05) is 0 Å². The van der Waals surface area contributed by atoms with Crippen LogP contribution in [-0.2, 0) is 10.0 Å². The Morgan fingerprint density at radius 3 is 2.44 bits per heavy atom. The van der Waals surface area contributed by atoms with Crippen LogP contribution < -0.4 is 14.8 Å². The molecule has 0 aromatic heterocycles. The van der Waals surface area contributed by atoms with E-state index in [0.717, 1.165) is 18.4 Å². The minimum Gasteiger partial charge on any atom is -0.495 e. The number of ether oxygens (including phenoxy) is 1. The number of benzene rings is 2. The molecule has 1 amide bonds. The molecule has 0 spiro atoms. The molecule has 1 saturated carbocycles. The van der Waals surface area contributed by atoms with Gasteiger partial charge in [0.05, 0.1) is 13.2 Å². The van der Waals surface area contributed by atoms with Crippen molar-refractivity contribution in [3.05, 3.63) is 59.4 Å². The maximum atomic E-state index is 13.0. The van der Waals surface area contributed by atoms with E-state index in [-0.39, 0.29) is 34.1 Å². The number of hydrogen-bond donors (Lipinski definition) is 2. The van der Waals surface area contributed by atoms with Crippen LogP contribution in [0.4, 0.5) is 4.39 Å². The average Bonchev–Trinajstić information content (AvgIpc) is 3.44. The summed E-state index contributed by atoms with van der Waals surface area (Å²) in [5.41, 5.74) is 0.933. The molecule has 1 aliphatic carbocycles. The molecule has 2 N–H and O–H groups in total. The van der Waals surface area contributed by atoms with Gasteiger partial charge in [0.2, 0.25) is 10.0 Å². The summed E-state index contributed by atoms with van der Waals surface area (Å²) in [6.45, 7) is 1.76. The quantitative estimate of drug-likeness (QED) is 0.759. The first-order valence-corrected chi connectivity index (χ1v) is 10.0. The van der Waals surface area contributed by atoms with Crippen LogP contribution in [0, 0.1) is 5.82 Å². The smallest absolute Gasteiger partial charge is 0.251 e. The summed E-state index contributed by atoms with van der Waals surface area (Å²) in [5.74, 6) is -0.617. The van der Waals surface area contributed by atoms with Crippen LogP contribution in [0.5, 0.6) is 5.75 Å². The second kappa shape index (κ2) is 7.66. The van der Waals surface area contributed by atoms with Crippen LogP contribution in [0.2, 0.25) is 0 Å². The number of amides is 1. The van der Waals surface area contributed by atoms with Gasteiger partial charge in [-0.1, -0.05) is 12.1 Å². The van der Waals surface area contributed by atoms with E-state index < -0.39 is 15.9 Å². The van der Waals surface area contributed by atoms with E-state index in [1.54, 1.807) is 19.1 Å². The summed E-state index contributed by atoms with van der Waals surface area (Å²) in [4.78, 5) is 12.5. The van der Waals surface area contributed by atoms with Crippen molar-refractivity contribution in [3.8, 4) is 5.75 Å². The summed E-state index contributed by atoms with van der Waals surface area (Å²) < 4.78 is 45.9. The minimum absolute atomic E-state index is 0.0595. The largest absolute Gasteiger partial charge is 0.495 e. The van der Waals surface area contributed by atoms with Crippen molar-refractivity contribution in [3.63, 3.8) is 0 Å². The van der Waals surface area contributed by atoms with Gasteiger partial charge in [0, 0.05) is 11.6 Å². The molecule has 1 fully saturated rings. The fraction of sp³-hybridized carbons (Fsp3) is 0.316. The van der Waals surface area contributed by atoms with Gasteiger partial charge in [0.15, 0.2) is 0 Å². The van der Waals surface area contributed by atoms with Gasteiger partial charge in [-0.05, 0) is 55.7 Å². The molecular formula is C19H21FN2O4S. The number of halogens is 1. The first-order chi connectivity index (χ1) is 12.8. The van der Waals surface area contributed by atoms with Gasteiger partial charge >= 0.3 is 0 Å². The molecule has 0 unspecified atom stereocenters. The second-order valence-corrected chi connectivity index (χ2v) is 8.19. The molecule has 0 saturated heterocycles. The number of carbonyl (C=O) groups is 1. The number of carbonyl (C=O) groups excluding carboxylic acids is 1. The van der Waals surface area contributed by atoms with Crippen molar-refractivity contribution in [2.24, 2.45) is 0 Å². The molecule has 27 heavy (non-hydrogen) atoms. The fourth-order valence-corrected chi connectivity index (χ4v) is 4.13. The predicted octanol–water partition coefficient (Wildman–Crippen LogP) is 2.77. The Labute approximate surface area is 157 Å². The standard InChI is InChI=1S/C19H21FN2O4S/c1-12(13-3-6-15(20)7-4-13)21-19(23)14-5-10-17(26-2)18(11-14)27(24,25)22-16-8-9-16/h3-7,10-12,16,22H,8-9H2,1-2H3,(H,21,23)/t12-/m0/s1. The van der Waals surface area contributed by atoms with Gasteiger partial charge in [-0.15, -0.1) is 0 Å². The van der Waals surface area contributed by atoms with Crippen molar-refractivity contribution >= 4 is 15.9 Å². The molecule has 0 bridgehead atoms. The number of nitrogens with one attached hydrogen (secondary N) is 2. The number of sulfonamides is 1. The first kappa shape index (κ1) is 19.3. The van der Waals surface area contributed by atoms with Crippen LogP contribution in [0.1, 0.15) is 41.7 Å². The molecule has 144 valence electrons. The number of hydrogen-bond acceptors (Lipinski definition) is 4. The summed E-state index contributed by atoms with van der Waals surface area (Å²) in [6, 6.07) is 9.64. The zero-order chi connectivity index (χ0) is 19.6. The molecule has 0 heterocycles. The van der Waals surface area contributed by atoms with Gasteiger partial charge in [-0.25, -0.2) is 17.5 Å². The molecule has 2 aromatic rings. The zero-order valence-corrected chi connectivity index (χ0v) is 15.8. The fourth-order valence-electron chi connectivity index (χ4n) is 2.63. The Bertz CT molecular complexity index is 941. The van der Waals surface area contributed by atoms with Crippen molar-refractivity contribution in [1.29, 1.82) is 0 Å². The van der Waals surface area contributed by atoms with Gasteiger partial charge < -0.3 is 10.1 Å². The highest BCUT2D eigenvalue weighted by Crippen LogP contribution is 2.28. The number of rotatable bonds is 7. The molecule has 1 aliphatic rings. The lowest BCUT2D eigenvalue weighted by Gasteiger charge is -2.16. The third-order valence-electron chi connectivity index (χ3n) is 4.33. The highest BCUT2D eigenvalue weighted by atomic mass is 32.2. The van der Waals surface area contributed by atoms with Gasteiger partial charge in [-0.2, -0.15) is 0 Å². The summed E-state index contributed by atoms with van der Waals surface area (Å²) in [5, 5.41) is 2.78. The minimum atomic E-state index is -3.78. The maximum absolute atomic E-state index is 13.0. The Hall–Kier alpha value is -2.45. The maximum Gasteiger partial charge on any atom is 0.251 e. The van der Waals surface area contributed by atoms with E-state index in [2.05, 4.69) is 10.0 Å². The normalized spacial score (nSPS) is 15.2. The first-order valence-electron chi connectivity index (χ1n) is 8.57. The SMILES string of the molecule is COc1ccc(C(=O)N[C@@H](C)c2ccc(F)cc2)cc1S(=O)(=O)NC1CC1. The summed E-state index contributed by atoms with van der Waals surface area (Å²) in [6.07, 6.45) is 1.60. The van der Waals surface area contributed by atoms with E-state index in [4.69, 9.17) is 4.74 Å². The molecule has 6 nitrogen and oxygen atoms in total. The van der Waals surface area contributed by atoms with Crippen LogP contribution in [0.3, 0.4) is 0 Å². The molecule has 0 radical (unpaired) electrons. The lowest BCUT2D eigenvalue weighted by atomic mass is 10.1. The van der Waals surface area contributed by atoms with E-state index in [0.29, 0.717) is 0 Å². The highest BCUT2D eigenvalue weighted by molar-refractivity contribution is 7.89. The Kier molecular flexibility index (Phi) is 5.48. The van der Waals surface area contributed by atoms with E-state index in [9.17, 15) is 17.6 Å². The third kappa shape index (κ3) is 4.64. The predicted molar refractivity (Wildman–Crippen MR) is 98.6 cm³/mol. The van der Waals surface area contributed by atoms with Crippen molar-refractivity contribution in [1.82, 2.24) is 10.0 Å². The Balaban J connectivity index is 1.82. The van der Waals surface area contributed by atoms with Crippen molar-refractivity contribution in [2.45, 2.75) is 36.7 Å². The Morgan fingerprint density at radius 2 is 1.85 bits per heavy atom. The van der Waals surface area contributed by atoms with Crippen molar-refractivity contribution in [2.75, 3.05) is 7.11 Å². The van der Waals surface area contributed by atoms with Crippen LogP contribution in [-0.4, -0.2) is 27.5 Å². The molecule has 8 heteroatoms. The highest BCUT2D eigenvalue weighted by Gasteiger charge is 2.30. The van der Waals surface area contributed by atoms with E-state index in [1.165, 1.54) is 37.4 Å². The molecule has 3 rings (SSSR count). The van der Waals surface area contributed by atoms with Crippen LogP contribution >= 0.6 is 0 Å². The second-order valence-electron chi connectivity index (χ2n) is 6.51. The number of methoxy groups -OCH3 is 1. The summed E-state index contributed by atoms with van der Waals surface area (Å²) in [7, 11) is -2.40. The monoisotopic (exact) mass is 392 g/mol. The molecule has 0 aliphatic heterocycles. The van der Waals surface area contributed by atoms with Gasteiger partial charge in [-0.3, -0.25) is 4.79 Å². The van der Waals surface area contributed by atoms with E-state index >= 15 is 0 Å². The van der Waals surface area contributed by atoms with Gasteiger partial charge in [0.1, 0.15) is 16.5 Å². The third-order valence-corrected chi connectivity index (χ3v) is 5.87. The lowest BCUT2D eigenvalue weighted by Crippen LogP contribution is -2.28. The zero-order valence-electron chi connectivity index (χ0n) is 15.0.